The van der Waals surface area contributed by atoms with Gasteiger partial charge in [0.15, 0.2) is 0 Å². The molecular formula is C22H24N4O4. The Morgan fingerprint density at radius 2 is 1.93 bits per heavy atom. The normalized spacial score (nSPS) is 17.7. The summed E-state index contributed by atoms with van der Waals surface area (Å²) >= 11 is 0. The zero-order valence-electron chi connectivity index (χ0n) is 16.8. The lowest BCUT2D eigenvalue weighted by atomic mass is 9.73. The second-order valence-electron chi connectivity index (χ2n) is 7.78. The van der Waals surface area contributed by atoms with E-state index in [9.17, 15) is 14.4 Å². The molecule has 3 amide bonds. The Kier molecular flexibility index (Phi) is 5.39. The molecule has 4 rings (SSSR count). The van der Waals surface area contributed by atoms with Gasteiger partial charge in [-0.3, -0.25) is 19.4 Å². The van der Waals surface area contributed by atoms with Crippen LogP contribution in [0.4, 0.5) is 0 Å². The molecule has 2 aliphatic heterocycles. The lowest BCUT2D eigenvalue weighted by Crippen LogP contribution is -2.67. The SMILES string of the molecule is COc1cccc(CC2(C(=O)N3CCNC(=O)C3)CN(C(=O)c3ccncc3)C2)c1. The molecule has 2 saturated heterocycles. The number of nitrogens with zero attached hydrogens (tertiary/aromatic N) is 3. The van der Waals surface area contributed by atoms with Crippen LogP contribution in [-0.4, -0.2) is 72.3 Å². The van der Waals surface area contributed by atoms with Crippen molar-refractivity contribution in [1.82, 2.24) is 20.1 Å². The van der Waals surface area contributed by atoms with Gasteiger partial charge in [0.2, 0.25) is 11.8 Å². The van der Waals surface area contributed by atoms with E-state index in [1.54, 1.807) is 41.4 Å². The molecule has 3 heterocycles. The van der Waals surface area contributed by atoms with Crippen LogP contribution in [0.25, 0.3) is 0 Å². The Morgan fingerprint density at radius 3 is 2.63 bits per heavy atom. The van der Waals surface area contributed by atoms with Crippen molar-refractivity contribution in [3.8, 4) is 5.75 Å². The summed E-state index contributed by atoms with van der Waals surface area (Å²) in [4.78, 5) is 45.3. The van der Waals surface area contributed by atoms with Crippen LogP contribution in [0, 0.1) is 5.41 Å². The lowest BCUT2D eigenvalue weighted by molar-refractivity contribution is -0.154. The van der Waals surface area contributed by atoms with Crippen LogP contribution in [0.5, 0.6) is 5.75 Å². The van der Waals surface area contributed by atoms with Gasteiger partial charge in [-0.25, -0.2) is 0 Å². The van der Waals surface area contributed by atoms with E-state index in [0.717, 1.165) is 11.3 Å². The molecule has 1 aromatic carbocycles. The highest BCUT2D eigenvalue weighted by molar-refractivity contribution is 5.97. The van der Waals surface area contributed by atoms with Gasteiger partial charge in [-0.15, -0.1) is 0 Å². The van der Waals surface area contributed by atoms with Crippen molar-refractivity contribution in [1.29, 1.82) is 0 Å². The second kappa shape index (κ2) is 8.14. The van der Waals surface area contributed by atoms with Crippen molar-refractivity contribution in [2.45, 2.75) is 6.42 Å². The van der Waals surface area contributed by atoms with Crippen LogP contribution >= 0.6 is 0 Å². The van der Waals surface area contributed by atoms with Gasteiger partial charge < -0.3 is 19.9 Å². The lowest BCUT2D eigenvalue weighted by Gasteiger charge is -2.51. The van der Waals surface area contributed by atoms with Crippen molar-refractivity contribution in [2.24, 2.45) is 5.41 Å². The van der Waals surface area contributed by atoms with Crippen molar-refractivity contribution in [2.75, 3.05) is 39.8 Å². The van der Waals surface area contributed by atoms with Crippen molar-refractivity contribution >= 4 is 17.7 Å². The van der Waals surface area contributed by atoms with Gasteiger partial charge in [-0.1, -0.05) is 12.1 Å². The number of carbonyl (C=O) groups excluding carboxylic acids is 3. The standard InChI is InChI=1S/C22H24N4O4/c1-30-18-4-2-3-16(11-18)12-22(21(29)25-10-9-24-19(27)13-25)14-26(15-22)20(28)17-5-7-23-8-6-17/h2-8,11H,9-10,12-15H2,1H3,(H,24,27). The molecule has 8 heteroatoms. The molecule has 0 radical (unpaired) electrons. The molecule has 0 saturated carbocycles. The highest BCUT2D eigenvalue weighted by Gasteiger charge is 2.53. The highest BCUT2D eigenvalue weighted by atomic mass is 16.5. The molecule has 2 fully saturated rings. The van der Waals surface area contributed by atoms with Gasteiger partial charge in [-0.05, 0) is 36.2 Å². The van der Waals surface area contributed by atoms with E-state index in [1.165, 1.54) is 0 Å². The van der Waals surface area contributed by atoms with Gasteiger partial charge >= 0.3 is 0 Å². The zero-order chi connectivity index (χ0) is 21.1. The first kappa shape index (κ1) is 19.9. The van der Waals surface area contributed by atoms with Crippen LogP contribution in [0.1, 0.15) is 15.9 Å². The van der Waals surface area contributed by atoms with E-state index in [-0.39, 0.29) is 24.3 Å². The predicted octanol–water partition coefficient (Wildman–Crippen LogP) is 0.734. The fourth-order valence-corrected chi connectivity index (χ4v) is 4.15. The maximum atomic E-state index is 13.5. The minimum atomic E-state index is -0.757. The Hall–Kier alpha value is -3.42. The van der Waals surface area contributed by atoms with Gasteiger partial charge in [0.25, 0.3) is 5.91 Å². The largest absolute Gasteiger partial charge is 0.497 e. The average Bonchev–Trinajstić information content (AvgIpc) is 2.76. The average molecular weight is 408 g/mol. The van der Waals surface area contributed by atoms with Gasteiger partial charge in [0.05, 0.1) is 19.1 Å². The highest BCUT2D eigenvalue weighted by Crippen LogP contribution is 2.38. The van der Waals surface area contributed by atoms with Crippen molar-refractivity contribution in [3.05, 3.63) is 59.9 Å². The number of carbonyl (C=O) groups is 3. The smallest absolute Gasteiger partial charge is 0.254 e. The van der Waals surface area contributed by atoms with E-state index < -0.39 is 5.41 Å². The number of rotatable bonds is 5. The van der Waals surface area contributed by atoms with E-state index in [4.69, 9.17) is 4.74 Å². The van der Waals surface area contributed by atoms with Gasteiger partial charge in [0, 0.05) is 44.1 Å². The maximum Gasteiger partial charge on any atom is 0.254 e. The number of amides is 3. The predicted molar refractivity (Wildman–Crippen MR) is 109 cm³/mol. The molecule has 8 nitrogen and oxygen atoms in total. The summed E-state index contributed by atoms with van der Waals surface area (Å²) in [5, 5.41) is 2.75. The van der Waals surface area contributed by atoms with E-state index in [0.29, 0.717) is 38.2 Å². The van der Waals surface area contributed by atoms with Crippen LogP contribution < -0.4 is 10.1 Å². The summed E-state index contributed by atoms with van der Waals surface area (Å²) in [6, 6.07) is 10.9. The summed E-state index contributed by atoms with van der Waals surface area (Å²) in [6.45, 7) is 1.59. The number of aromatic nitrogens is 1. The molecule has 1 N–H and O–H groups in total. The summed E-state index contributed by atoms with van der Waals surface area (Å²) < 4.78 is 5.31. The second-order valence-corrected chi connectivity index (χ2v) is 7.78. The number of piperazine rings is 1. The number of pyridine rings is 1. The first-order valence-corrected chi connectivity index (χ1v) is 9.89. The monoisotopic (exact) mass is 408 g/mol. The number of benzene rings is 1. The molecule has 30 heavy (non-hydrogen) atoms. The molecule has 0 unspecified atom stereocenters. The maximum absolute atomic E-state index is 13.5. The molecule has 0 aliphatic carbocycles. The number of hydrogen-bond donors (Lipinski definition) is 1. The first-order valence-electron chi connectivity index (χ1n) is 9.89. The topological polar surface area (TPSA) is 91.8 Å². The van der Waals surface area contributed by atoms with Gasteiger partial charge in [0.1, 0.15) is 5.75 Å². The molecule has 1 aromatic heterocycles. The minimum Gasteiger partial charge on any atom is -0.497 e. The van der Waals surface area contributed by atoms with E-state index in [2.05, 4.69) is 10.3 Å². The fourth-order valence-electron chi connectivity index (χ4n) is 4.15. The van der Waals surface area contributed by atoms with E-state index in [1.807, 2.05) is 24.3 Å². The van der Waals surface area contributed by atoms with Gasteiger partial charge in [-0.2, -0.15) is 0 Å². The molecule has 0 bridgehead atoms. The quantitative estimate of drug-likeness (QED) is 0.788. The third-order valence-corrected chi connectivity index (χ3v) is 5.66. The summed E-state index contributed by atoms with van der Waals surface area (Å²) in [5.41, 5.74) is 0.747. The number of methoxy groups -OCH3 is 1. The van der Waals surface area contributed by atoms with Crippen LogP contribution in [0.2, 0.25) is 0 Å². The van der Waals surface area contributed by atoms with Crippen LogP contribution in [0.3, 0.4) is 0 Å². The molecule has 2 aliphatic rings. The summed E-state index contributed by atoms with van der Waals surface area (Å²) in [7, 11) is 1.60. The van der Waals surface area contributed by atoms with Crippen molar-refractivity contribution in [3.63, 3.8) is 0 Å². The number of nitrogens with one attached hydrogen (secondary N) is 1. The number of likely N-dealkylation sites (tertiary alicyclic amines) is 1. The van der Waals surface area contributed by atoms with Crippen LogP contribution in [-0.2, 0) is 16.0 Å². The Balaban J connectivity index is 1.57. The molecule has 0 spiro atoms. The molecule has 2 aromatic rings. The molecule has 0 atom stereocenters. The minimum absolute atomic E-state index is 0.0526. The Labute approximate surface area is 174 Å². The summed E-state index contributed by atoms with van der Waals surface area (Å²) in [6.07, 6.45) is 3.63. The zero-order valence-corrected chi connectivity index (χ0v) is 16.8. The summed E-state index contributed by atoms with van der Waals surface area (Å²) in [5.74, 6) is 0.355. The molecular weight excluding hydrogens is 384 g/mol. The third kappa shape index (κ3) is 3.85. The fraction of sp³-hybridized carbons (Fsp3) is 0.364. The number of hydrogen-bond acceptors (Lipinski definition) is 5. The Bertz CT molecular complexity index is 957. The first-order chi connectivity index (χ1) is 14.5. The van der Waals surface area contributed by atoms with Crippen LogP contribution in [0.15, 0.2) is 48.8 Å². The third-order valence-electron chi connectivity index (χ3n) is 5.66. The molecule has 156 valence electrons. The van der Waals surface area contributed by atoms with E-state index >= 15 is 0 Å². The van der Waals surface area contributed by atoms with Crippen molar-refractivity contribution < 1.29 is 19.1 Å². The number of ether oxygens (including phenoxy) is 1. The Morgan fingerprint density at radius 1 is 1.17 bits per heavy atom.